The SMILES string of the molecule is CCOc1nc(NC)nc(-c2c(OC)cccc2OC)n1. The number of rotatable bonds is 6. The zero-order valence-electron chi connectivity index (χ0n) is 12.5. The van der Waals surface area contributed by atoms with Crippen LogP contribution in [-0.2, 0) is 0 Å². The number of ether oxygens (including phenoxy) is 3. The number of hydrogen-bond acceptors (Lipinski definition) is 7. The van der Waals surface area contributed by atoms with Crippen molar-refractivity contribution in [2.75, 3.05) is 33.2 Å². The third-order valence-electron chi connectivity index (χ3n) is 2.76. The van der Waals surface area contributed by atoms with Crippen LogP contribution in [0.5, 0.6) is 17.5 Å². The molecule has 0 unspecified atom stereocenters. The zero-order valence-corrected chi connectivity index (χ0v) is 12.5. The quantitative estimate of drug-likeness (QED) is 0.871. The Bertz CT molecular complexity index is 597. The van der Waals surface area contributed by atoms with Crippen molar-refractivity contribution in [3.8, 4) is 28.9 Å². The zero-order chi connectivity index (χ0) is 15.2. The van der Waals surface area contributed by atoms with E-state index in [-0.39, 0.29) is 6.01 Å². The molecule has 0 amide bonds. The van der Waals surface area contributed by atoms with Gasteiger partial charge in [-0.15, -0.1) is 0 Å². The van der Waals surface area contributed by atoms with Crippen LogP contribution < -0.4 is 19.5 Å². The average Bonchev–Trinajstić information content (AvgIpc) is 2.53. The number of anilines is 1. The van der Waals surface area contributed by atoms with Gasteiger partial charge in [0.2, 0.25) is 5.95 Å². The summed E-state index contributed by atoms with van der Waals surface area (Å²) < 4.78 is 16.1. The first kappa shape index (κ1) is 14.8. The molecule has 1 N–H and O–H groups in total. The second-order valence-corrected chi connectivity index (χ2v) is 3.99. The predicted molar refractivity (Wildman–Crippen MR) is 79.1 cm³/mol. The highest BCUT2D eigenvalue weighted by atomic mass is 16.5. The fourth-order valence-corrected chi connectivity index (χ4v) is 1.85. The van der Waals surface area contributed by atoms with Gasteiger partial charge in [0.15, 0.2) is 5.82 Å². The molecular weight excluding hydrogens is 272 g/mol. The number of nitrogens with zero attached hydrogens (tertiary/aromatic N) is 3. The molecule has 1 heterocycles. The van der Waals surface area contributed by atoms with Gasteiger partial charge in [-0.2, -0.15) is 15.0 Å². The first-order chi connectivity index (χ1) is 10.2. The van der Waals surface area contributed by atoms with E-state index in [4.69, 9.17) is 14.2 Å². The van der Waals surface area contributed by atoms with Crippen LogP contribution in [0.2, 0.25) is 0 Å². The molecule has 7 nitrogen and oxygen atoms in total. The fourth-order valence-electron chi connectivity index (χ4n) is 1.85. The molecule has 0 bridgehead atoms. The number of benzene rings is 1. The Labute approximate surface area is 123 Å². The highest BCUT2D eigenvalue weighted by Crippen LogP contribution is 2.36. The van der Waals surface area contributed by atoms with Crippen molar-refractivity contribution < 1.29 is 14.2 Å². The van der Waals surface area contributed by atoms with E-state index in [0.717, 1.165) is 0 Å². The van der Waals surface area contributed by atoms with Crippen molar-refractivity contribution in [1.82, 2.24) is 15.0 Å². The molecule has 0 aliphatic heterocycles. The predicted octanol–water partition coefficient (Wildman–Crippen LogP) is 2.00. The van der Waals surface area contributed by atoms with Crippen molar-refractivity contribution in [1.29, 1.82) is 0 Å². The van der Waals surface area contributed by atoms with Gasteiger partial charge in [0.05, 0.1) is 20.8 Å². The minimum Gasteiger partial charge on any atom is -0.496 e. The van der Waals surface area contributed by atoms with Gasteiger partial charge in [0.25, 0.3) is 0 Å². The Morgan fingerprint density at radius 2 is 1.71 bits per heavy atom. The van der Waals surface area contributed by atoms with Crippen molar-refractivity contribution >= 4 is 5.95 Å². The molecule has 0 saturated heterocycles. The van der Waals surface area contributed by atoms with E-state index in [9.17, 15) is 0 Å². The van der Waals surface area contributed by atoms with Crippen LogP contribution in [0.4, 0.5) is 5.95 Å². The van der Waals surface area contributed by atoms with E-state index in [2.05, 4.69) is 20.3 Å². The highest BCUT2D eigenvalue weighted by molar-refractivity contribution is 5.72. The molecular formula is C14H18N4O3. The second-order valence-electron chi connectivity index (χ2n) is 3.99. The van der Waals surface area contributed by atoms with Crippen LogP contribution in [0.25, 0.3) is 11.4 Å². The molecule has 2 rings (SSSR count). The molecule has 0 spiro atoms. The maximum Gasteiger partial charge on any atom is 0.321 e. The lowest BCUT2D eigenvalue weighted by Gasteiger charge is -2.13. The van der Waals surface area contributed by atoms with Gasteiger partial charge in [-0.1, -0.05) is 6.07 Å². The normalized spacial score (nSPS) is 10.1. The summed E-state index contributed by atoms with van der Waals surface area (Å²) in [6.07, 6.45) is 0. The maximum absolute atomic E-state index is 5.37. The first-order valence-corrected chi connectivity index (χ1v) is 6.51. The van der Waals surface area contributed by atoms with Gasteiger partial charge in [0.1, 0.15) is 17.1 Å². The molecule has 0 radical (unpaired) electrons. The van der Waals surface area contributed by atoms with E-state index >= 15 is 0 Å². The van der Waals surface area contributed by atoms with Gasteiger partial charge in [-0.05, 0) is 19.1 Å². The Hall–Kier alpha value is -2.57. The summed E-state index contributed by atoms with van der Waals surface area (Å²) in [4.78, 5) is 12.8. The third kappa shape index (κ3) is 3.13. The summed E-state index contributed by atoms with van der Waals surface area (Å²) in [6, 6.07) is 5.73. The Kier molecular flexibility index (Phi) is 4.76. The Balaban J connectivity index is 2.62. The van der Waals surface area contributed by atoms with Gasteiger partial charge < -0.3 is 19.5 Å². The number of hydrogen-bond donors (Lipinski definition) is 1. The summed E-state index contributed by atoms with van der Waals surface area (Å²) >= 11 is 0. The summed E-state index contributed by atoms with van der Waals surface area (Å²) in [6.45, 7) is 2.34. The summed E-state index contributed by atoms with van der Waals surface area (Å²) in [5.41, 5.74) is 0.655. The molecule has 0 atom stereocenters. The van der Waals surface area contributed by atoms with Crippen LogP contribution in [0, 0.1) is 0 Å². The lowest BCUT2D eigenvalue weighted by Crippen LogP contribution is -2.06. The summed E-state index contributed by atoms with van der Waals surface area (Å²) in [7, 11) is 4.90. The van der Waals surface area contributed by atoms with Gasteiger partial charge >= 0.3 is 6.01 Å². The van der Waals surface area contributed by atoms with Crippen LogP contribution >= 0.6 is 0 Å². The van der Waals surface area contributed by atoms with Crippen LogP contribution in [0.1, 0.15) is 6.92 Å². The molecule has 1 aromatic heterocycles. The topological polar surface area (TPSA) is 78.4 Å². The maximum atomic E-state index is 5.37. The molecule has 0 aliphatic rings. The van der Waals surface area contributed by atoms with Crippen molar-refractivity contribution in [2.45, 2.75) is 6.92 Å². The summed E-state index contributed by atoms with van der Waals surface area (Å²) in [5.74, 6) is 2.07. The summed E-state index contributed by atoms with van der Waals surface area (Å²) in [5, 5.41) is 2.89. The Morgan fingerprint density at radius 3 is 2.24 bits per heavy atom. The average molecular weight is 290 g/mol. The Morgan fingerprint density at radius 1 is 1.05 bits per heavy atom. The van der Waals surface area contributed by atoms with E-state index in [1.165, 1.54) is 0 Å². The smallest absolute Gasteiger partial charge is 0.321 e. The molecule has 0 aliphatic carbocycles. The van der Waals surface area contributed by atoms with E-state index in [1.54, 1.807) is 21.3 Å². The van der Waals surface area contributed by atoms with Crippen LogP contribution in [-0.4, -0.2) is 42.8 Å². The molecule has 0 fully saturated rings. The van der Waals surface area contributed by atoms with E-state index in [0.29, 0.717) is 35.4 Å². The lowest BCUT2D eigenvalue weighted by molar-refractivity contribution is 0.312. The van der Waals surface area contributed by atoms with E-state index < -0.39 is 0 Å². The van der Waals surface area contributed by atoms with Gasteiger partial charge in [-0.3, -0.25) is 0 Å². The molecule has 2 aromatic rings. The molecule has 7 heteroatoms. The van der Waals surface area contributed by atoms with Crippen molar-refractivity contribution in [3.63, 3.8) is 0 Å². The third-order valence-corrected chi connectivity index (χ3v) is 2.76. The van der Waals surface area contributed by atoms with E-state index in [1.807, 2.05) is 25.1 Å². The van der Waals surface area contributed by atoms with Crippen molar-refractivity contribution in [2.24, 2.45) is 0 Å². The second kappa shape index (κ2) is 6.74. The fraction of sp³-hybridized carbons (Fsp3) is 0.357. The van der Waals surface area contributed by atoms with Gasteiger partial charge in [0, 0.05) is 7.05 Å². The van der Waals surface area contributed by atoms with Crippen LogP contribution in [0.15, 0.2) is 18.2 Å². The van der Waals surface area contributed by atoms with Crippen LogP contribution in [0.3, 0.4) is 0 Å². The molecule has 1 aromatic carbocycles. The minimum absolute atomic E-state index is 0.250. The number of aromatic nitrogens is 3. The molecule has 112 valence electrons. The minimum atomic E-state index is 0.250. The molecule has 0 saturated carbocycles. The monoisotopic (exact) mass is 290 g/mol. The van der Waals surface area contributed by atoms with Gasteiger partial charge in [-0.25, -0.2) is 0 Å². The first-order valence-electron chi connectivity index (χ1n) is 6.51. The number of nitrogens with one attached hydrogen (secondary N) is 1. The van der Waals surface area contributed by atoms with Crippen molar-refractivity contribution in [3.05, 3.63) is 18.2 Å². The lowest BCUT2D eigenvalue weighted by atomic mass is 10.1. The largest absolute Gasteiger partial charge is 0.496 e. The number of methoxy groups -OCH3 is 2. The molecule has 21 heavy (non-hydrogen) atoms. The highest BCUT2D eigenvalue weighted by Gasteiger charge is 2.17. The standard InChI is InChI=1S/C14H18N4O3/c1-5-21-14-17-12(16-13(15-2)18-14)11-9(19-3)7-6-8-10(11)20-4/h6-8H,5H2,1-4H3,(H,15,16,17,18).